The molecule has 1 aliphatic rings. The molecule has 0 unspecified atom stereocenters. The molecule has 0 aromatic heterocycles. The number of ketones is 1. The van der Waals surface area contributed by atoms with Crippen molar-refractivity contribution in [2.75, 3.05) is 6.61 Å². The zero-order chi connectivity index (χ0) is 11.7. The molecule has 1 heterocycles. The number of rotatable bonds is 1. The van der Waals surface area contributed by atoms with E-state index in [1.54, 1.807) is 0 Å². The minimum atomic E-state index is 0.172. The fourth-order valence-electron chi connectivity index (χ4n) is 2.07. The molecule has 0 radical (unpaired) electrons. The first-order valence-corrected chi connectivity index (χ1v) is 5.70. The lowest BCUT2D eigenvalue weighted by atomic mass is 9.99. The average molecular weight is 224 g/mol. The van der Waals surface area contributed by atoms with Gasteiger partial charge in [0.15, 0.2) is 5.78 Å². The highest BCUT2D eigenvalue weighted by molar-refractivity contribution is 6.00. The van der Waals surface area contributed by atoms with Gasteiger partial charge < -0.3 is 4.74 Å². The lowest BCUT2D eigenvalue weighted by molar-refractivity contribution is 0.0933. The van der Waals surface area contributed by atoms with Gasteiger partial charge in [0.1, 0.15) is 5.75 Å². The second-order valence-electron chi connectivity index (χ2n) is 4.10. The van der Waals surface area contributed by atoms with Crippen LogP contribution in [0.3, 0.4) is 0 Å². The number of benzene rings is 2. The number of ether oxygens (including phenoxy) is 1. The van der Waals surface area contributed by atoms with Crippen LogP contribution in [0.5, 0.6) is 5.75 Å². The zero-order valence-corrected chi connectivity index (χ0v) is 9.35. The van der Waals surface area contributed by atoms with Gasteiger partial charge in [0.25, 0.3) is 0 Å². The van der Waals surface area contributed by atoms with E-state index in [1.807, 2.05) is 48.5 Å². The van der Waals surface area contributed by atoms with Gasteiger partial charge in [-0.1, -0.05) is 36.4 Å². The number of hydrogen-bond donors (Lipinski definition) is 0. The first-order valence-electron chi connectivity index (χ1n) is 5.70. The Hall–Kier alpha value is -2.09. The van der Waals surface area contributed by atoms with Gasteiger partial charge in [0.05, 0.1) is 12.2 Å². The summed E-state index contributed by atoms with van der Waals surface area (Å²) in [6.45, 7) is 0.490. The third-order valence-electron chi connectivity index (χ3n) is 2.98. The molecular formula is C15H12O2. The summed E-state index contributed by atoms with van der Waals surface area (Å²) in [6, 6.07) is 15.9. The van der Waals surface area contributed by atoms with Crippen molar-refractivity contribution in [2.24, 2.45) is 0 Å². The van der Waals surface area contributed by atoms with Crippen molar-refractivity contribution < 1.29 is 9.53 Å². The Morgan fingerprint density at radius 3 is 2.59 bits per heavy atom. The van der Waals surface area contributed by atoms with Crippen molar-refractivity contribution in [3.63, 3.8) is 0 Å². The van der Waals surface area contributed by atoms with E-state index in [2.05, 4.69) is 0 Å². The average Bonchev–Trinajstić information content (AvgIpc) is 2.40. The molecule has 0 saturated heterocycles. The Morgan fingerprint density at radius 2 is 1.76 bits per heavy atom. The van der Waals surface area contributed by atoms with E-state index >= 15 is 0 Å². The molecule has 0 spiro atoms. The third-order valence-corrected chi connectivity index (χ3v) is 2.98. The summed E-state index contributed by atoms with van der Waals surface area (Å²) in [6.07, 6.45) is 0.484. The third kappa shape index (κ3) is 1.82. The van der Waals surface area contributed by atoms with Gasteiger partial charge in [0, 0.05) is 6.42 Å². The SMILES string of the molecule is O=C1CCOc2cc(-c3ccccc3)ccc21. The highest BCUT2D eigenvalue weighted by Gasteiger charge is 2.18. The first kappa shape index (κ1) is 10.1. The molecule has 0 bridgehead atoms. The van der Waals surface area contributed by atoms with Crippen LogP contribution in [0.15, 0.2) is 48.5 Å². The predicted octanol–water partition coefficient (Wildman–Crippen LogP) is 3.32. The summed E-state index contributed by atoms with van der Waals surface area (Å²) in [7, 11) is 0. The van der Waals surface area contributed by atoms with Gasteiger partial charge in [-0.25, -0.2) is 0 Å². The summed E-state index contributed by atoms with van der Waals surface area (Å²) >= 11 is 0. The smallest absolute Gasteiger partial charge is 0.169 e. The molecule has 2 heteroatoms. The summed E-state index contributed by atoms with van der Waals surface area (Å²) in [4.78, 5) is 11.7. The summed E-state index contributed by atoms with van der Waals surface area (Å²) in [5, 5.41) is 0. The van der Waals surface area contributed by atoms with E-state index in [-0.39, 0.29) is 5.78 Å². The van der Waals surface area contributed by atoms with E-state index in [4.69, 9.17) is 4.74 Å². The van der Waals surface area contributed by atoms with E-state index in [1.165, 1.54) is 0 Å². The molecule has 0 N–H and O–H groups in total. The fraction of sp³-hybridized carbons (Fsp3) is 0.133. The predicted molar refractivity (Wildman–Crippen MR) is 66.3 cm³/mol. The van der Waals surface area contributed by atoms with Crippen LogP contribution < -0.4 is 4.74 Å². The van der Waals surface area contributed by atoms with Gasteiger partial charge in [0.2, 0.25) is 0 Å². The molecule has 84 valence electrons. The molecular weight excluding hydrogens is 212 g/mol. The van der Waals surface area contributed by atoms with Crippen molar-refractivity contribution >= 4 is 5.78 Å². The van der Waals surface area contributed by atoms with Gasteiger partial charge in [-0.2, -0.15) is 0 Å². The monoisotopic (exact) mass is 224 g/mol. The van der Waals surface area contributed by atoms with Crippen LogP contribution in [0, 0.1) is 0 Å². The number of carbonyl (C=O) groups excluding carboxylic acids is 1. The standard InChI is InChI=1S/C15H12O2/c16-14-8-9-17-15-10-12(6-7-13(14)15)11-4-2-1-3-5-11/h1-7,10H,8-9H2. The molecule has 0 saturated carbocycles. The largest absolute Gasteiger partial charge is 0.492 e. The summed E-state index contributed by atoms with van der Waals surface area (Å²) in [5.41, 5.74) is 2.92. The Morgan fingerprint density at radius 1 is 0.941 bits per heavy atom. The molecule has 0 atom stereocenters. The zero-order valence-electron chi connectivity index (χ0n) is 9.35. The minimum Gasteiger partial charge on any atom is -0.492 e. The normalized spacial score (nSPS) is 14.0. The molecule has 2 nitrogen and oxygen atoms in total. The number of hydrogen-bond acceptors (Lipinski definition) is 2. The Kier molecular flexibility index (Phi) is 2.41. The maximum Gasteiger partial charge on any atom is 0.169 e. The summed E-state index contributed by atoms with van der Waals surface area (Å²) in [5.74, 6) is 0.883. The van der Waals surface area contributed by atoms with E-state index in [0.29, 0.717) is 24.3 Å². The topological polar surface area (TPSA) is 26.3 Å². The van der Waals surface area contributed by atoms with Gasteiger partial charge in [-0.3, -0.25) is 4.79 Å². The number of Topliss-reactive ketones (excluding diaryl/α,β-unsaturated/α-hetero) is 1. The van der Waals surface area contributed by atoms with Crippen molar-refractivity contribution in [1.82, 2.24) is 0 Å². The lowest BCUT2D eigenvalue weighted by Gasteiger charge is -2.17. The number of fused-ring (bicyclic) bond motifs is 1. The molecule has 17 heavy (non-hydrogen) atoms. The lowest BCUT2D eigenvalue weighted by Crippen LogP contribution is -2.15. The quantitative estimate of drug-likeness (QED) is 0.742. The van der Waals surface area contributed by atoms with Crippen LogP contribution >= 0.6 is 0 Å². The molecule has 1 aliphatic heterocycles. The van der Waals surface area contributed by atoms with Crippen molar-refractivity contribution in [1.29, 1.82) is 0 Å². The number of carbonyl (C=O) groups is 1. The van der Waals surface area contributed by atoms with E-state index in [9.17, 15) is 4.79 Å². The second-order valence-corrected chi connectivity index (χ2v) is 4.10. The van der Waals surface area contributed by atoms with E-state index in [0.717, 1.165) is 11.1 Å². The maximum atomic E-state index is 11.7. The van der Waals surface area contributed by atoms with Crippen LogP contribution in [0.1, 0.15) is 16.8 Å². The molecule has 2 aromatic rings. The molecule has 0 fully saturated rings. The Labute approximate surface area is 99.9 Å². The molecule has 0 aliphatic carbocycles. The highest BCUT2D eigenvalue weighted by Crippen LogP contribution is 2.30. The minimum absolute atomic E-state index is 0.172. The van der Waals surface area contributed by atoms with E-state index < -0.39 is 0 Å². The fourth-order valence-corrected chi connectivity index (χ4v) is 2.07. The highest BCUT2D eigenvalue weighted by atomic mass is 16.5. The van der Waals surface area contributed by atoms with Crippen LogP contribution in [0.25, 0.3) is 11.1 Å². The maximum absolute atomic E-state index is 11.7. The Balaban J connectivity index is 2.07. The van der Waals surface area contributed by atoms with Crippen LogP contribution in [-0.2, 0) is 0 Å². The van der Waals surface area contributed by atoms with Gasteiger partial charge in [-0.15, -0.1) is 0 Å². The molecule has 2 aromatic carbocycles. The molecule has 0 amide bonds. The first-order chi connectivity index (χ1) is 8.34. The van der Waals surface area contributed by atoms with Gasteiger partial charge >= 0.3 is 0 Å². The van der Waals surface area contributed by atoms with Crippen molar-refractivity contribution in [2.45, 2.75) is 6.42 Å². The van der Waals surface area contributed by atoms with Crippen molar-refractivity contribution in [3.8, 4) is 16.9 Å². The van der Waals surface area contributed by atoms with Crippen molar-refractivity contribution in [3.05, 3.63) is 54.1 Å². The van der Waals surface area contributed by atoms with Crippen LogP contribution in [0.2, 0.25) is 0 Å². The van der Waals surface area contributed by atoms with Crippen LogP contribution in [0.4, 0.5) is 0 Å². The molecule has 3 rings (SSSR count). The van der Waals surface area contributed by atoms with Gasteiger partial charge in [-0.05, 0) is 23.3 Å². The second kappa shape index (κ2) is 4.06. The summed E-state index contributed by atoms with van der Waals surface area (Å²) < 4.78 is 5.54. The Bertz CT molecular complexity index is 558. The van der Waals surface area contributed by atoms with Crippen LogP contribution in [-0.4, -0.2) is 12.4 Å².